The van der Waals surface area contributed by atoms with Crippen molar-refractivity contribution >= 4 is 17.3 Å². The van der Waals surface area contributed by atoms with Crippen LogP contribution in [0.1, 0.15) is 11.1 Å². The third kappa shape index (κ3) is 3.21. The zero-order valence-electron chi connectivity index (χ0n) is 9.29. The lowest BCUT2D eigenvalue weighted by molar-refractivity contribution is 0.613. The van der Waals surface area contributed by atoms with Gasteiger partial charge in [0.05, 0.1) is 0 Å². The van der Waals surface area contributed by atoms with Crippen molar-refractivity contribution in [2.24, 2.45) is 0 Å². The summed E-state index contributed by atoms with van der Waals surface area (Å²) in [6, 6.07) is 14.6. The lowest BCUT2D eigenvalue weighted by atomic mass is 10.2. The van der Waals surface area contributed by atoms with Crippen molar-refractivity contribution in [3.05, 3.63) is 65.5 Å². The molecule has 0 heterocycles. The first-order valence-corrected chi connectivity index (χ1v) is 5.95. The number of halogens is 2. The van der Waals surface area contributed by atoms with Gasteiger partial charge in [-0.1, -0.05) is 30.3 Å². The molecule has 1 N–H and O–H groups in total. The molecule has 88 valence electrons. The summed E-state index contributed by atoms with van der Waals surface area (Å²) in [5.74, 6) is 0.295. The monoisotopic (exact) mass is 249 g/mol. The number of benzene rings is 2. The molecule has 0 aliphatic heterocycles. The normalized spacial score (nSPS) is 10.2. The molecule has 2 aromatic rings. The van der Waals surface area contributed by atoms with Crippen LogP contribution in [0.3, 0.4) is 0 Å². The maximum absolute atomic E-state index is 13.4. The average molecular weight is 250 g/mol. The molecule has 2 aromatic carbocycles. The van der Waals surface area contributed by atoms with Crippen LogP contribution in [0.4, 0.5) is 10.1 Å². The Kier molecular flexibility index (Phi) is 3.99. The molecule has 0 radical (unpaired) electrons. The van der Waals surface area contributed by atoms with E-state index in [4.69, 9.17) is 11.6 Å². The lowest BCUT2D eigenvalue weighted by Gasteiger charge is -2.08. The van der Waals surface area contributed by atoms with Crippen LogP contribution < -0.4 is 5.32 Å². The Morgan fingerprint density at radius 1 is 1.06 bits per heavy atom. The Bertz CT molecular complexity index is 499. The van der Waals surface area contributed by atoms with E-state index >= 15 is 0 Å². The third-order valence-electron chi connectivity index (χ3n) is 2.52. The molecule has 17 heavy (non-hydrogen) atoms. The van der Waals surface area contributed by atoms with Gasteiger partial charge in [-0.3, -0.25) is 0 Å². The van der Waals surface area contributed by atoms with E-state index in [1.165, 1.54) is 6.07 Å². The molecule has 0 saturated carbocycles. The zero-order valence-corrected chi connectivity index (χ0v) is 10.0. The molecule has 2 rings (SSSR count). The van der Waals surface area contributed by atoms with Gasteiger partial charge in [0.15, 0.2) is 0 Å². The predicted octanol–water partition coefficient (Wildman–Crippen LogP) is 4.18. The minimum atomic E-state index is -0.187. The summed E-state index contributed by atoms with van der Waals surface area (Å²) >= 11 is 5.75. The predicted molar refractivity (Wildman–Crippen MR) is 69.7 cm³/mol. The summed E-state index contributed by atoms with van der Waals surface area (Å²) in [7, 11) is 0. The minimum absolute atomic E-state index is 0.187. The van der Waals surface area contributed by atoms with Crippen molar-refractivity contribution in [3.63, 3.8) is 0 Å². The number of nitrogens with one attached hydrogen (secondary N) is 1. The fourth-order valence-electron chi connectivity index (χ4n) is 1.60. The van der Waals surface area contributed by atoms with E-state index < -0.39 is 0 Å². The Morgan fingerprint density at radius 3 is 2.65 bits per heavy atom. The molecule has 0 fully saturated rings. The molecule has 0 amide bonds. The largest absolute Gasteiger partial charge is 0.381 e. The van der Waals surface area contributed by atoms with Gasteiger partial charge in [0, 0.05) is 23.7 Å². The second-order valence-corrected chi connectivity index (χ2v) is 4.05. The van der Waals surface area contributed by atoms with E-state index in [1.807, 2.05) is 30.3 Å². The van der Waals surface area contributed by atoms with E-state index in [-0.39, 0.29) is 5.82 Å². The summed E-state index contributed by atoms with van der Waals surface area (Å²) in [5, 5.41) is 3.18. The minimum Gasteiger partial charge on any atom is -0.381 e. The fourth-order valence-corrected chi connectivity index (χ4v) is 1.77. The molecule has 0 saturated heterocycles. The van der Waals surface area contributed by atoms with Crippen molar-refractivity contribution in [1.29, 1.82) is 0 Å². The molecule has 0 unspecified atom stereocenters. The van der Waals surface area contributed by atoms with Gasteiger partial charge in [-0.15, -0.1) is 11.6 Å². The van der Waals surface area contributed by atoms with Gasteiger partial charge in [0.2, 0.25) is 0 Å². The Morgan fingerprint density at radius 2 is 1.88 bits per heavy atom. The SMILES string of the molecule is Fc1ccccc1CNc1cccc(CCl)c1. The maximum Gasteiger partial charge on any atom is 0.128 e. The summed E-state index contributed by atoms with van der Waals surface area (Å²) in [5.41, 5.74) is 2.65. The highest BCUT2D eigenvalue weighted by atomic mass is 35.5. The van der Waals surface area contributed by atoms with Crippen molar-refractivity contribution in [1.82, 2.24) is 0 Å². The highest BCUT2D eigenvalue weighted by molar-refractivity contribution is 6.17. The first kappa shape index (κ1) is 11.9. The first-order valence-electron chi connectivity index (χ1n) is 5.42. The number of alkyl halides is 1. The van der Waals surface area contributed by atoms with Gasteiger partial charge < -0.3 is 5.32 Å². The average Bonchev–Trinajstić information content (AvgIpc) is 2.38. The quantitative estimate of drug-likeness (QED) is 0.802. The van der Waals surface area contributed by atoms with Crippen LogP contribution in [0.15, 0.2) is 48.5 Å². The maximum atomic E-state index is 13.4. The van der Waals surface area contributed by atoms with Gasteiger partial charge in [0.25, 0.3) is 0 Å². The van der Waals surface area contributed by atoms with E-state index in [0.717, 1.165) is 11.3 Å². The van der Waals surface area contributed by atoms with Crippen molar-refractivity contribution in [2.45, 2.75) is 12.4 Å². The second kappa shape index (κ2) is 5.69. The number of hydrogen-bond donors (Lipinski definition) is 1. The van der Waals surface area contributed by atoms with Crippen LogP contribution in [-0.2, 0) is 12.4 Å². The van der Waals surface area contributed by atoms with Gasteiger partial charge >= 0.3 is 0 Å². The Balaban J connectivity index is 2.05. The molecule has 0 spiro atoms. The summed E-state index contributed by atoms with van der Waals surface area (Å²) < 4.78 is 13.4. The summed E-state index contributed by atoms with van der Waals surface area (Å²) in [6.45, 7) is 0.471. The second-order valence-electron chi connectivity index (χ2n) is 3.78. The standard InChI is InChI=1S/C14H13ClFN/c15-9-11-4-3-6-13(8-11)17-10-12-5-1-2-7-14(12)16/h1-8,17H,9-10H2. The molecule has 0 atom stereocenters. The van der Waals surface area contributed by atoms with Crippen LogP contribution in [0.5, 0.6) is 0 Å². The van der Waals surface area contributed by atoms with Crippen molar-refractivity contribution in [2.75, 3.05) is 5.32 Å². The van der Waals surface area contributed by atoms with E-state index in [2.05, 4.69) is 5.32 Å². The van der Waals surface area contributed by atoms with Crippen molar-refractivity contribution in [3.8, 4) is 0 Å². The number of rotatable bonds is 4. The fraction of sp³-hybridized carbons (Fsp3) is 0.143. The van der Waals surface area contributed by atoms with E-state index in [0.29, 0.717) is 18.0 Å². The number of hydrogen-bond acceptors (Lipinski definition) is 1. The molecule has 3 heteroatoms. The van der Waals surface area contributed by atoms with E-state index in [1.54, 1.807) is 12.1 Å². The van der Waals surface area contributed by atoms with Crippen molar-refractivity contribution < 1.29 is 4.39 Å². The van der Waals surface area contributed by atoms with Gasteiger partial charge in [0.1, 0.15) is 5.82 Å². The van der Waals surface area contributed by atoms with Gasteiger partial charge in [-0.2, -0.15) is 0 Å². The highest BCUT2D eigenvalue weighted by Crippen LogP contribution is 2.14. The van der Waals surface area contributed by atoms with Crippen LogP contribution in [0.2, 0.25) is 0 Å². The summed E-state index contributed by atoms with van der Waals surface area (Å²) in [6.07, 6.45) is 0. The van der Waals surface area contributed by atoms with Crippen LogP contribution >= 0.6 is 11.6 Å². The van der Waals surface area contributed by atoms with Crippen LogP contribution in [0, 0.1) is 5.82 Å². The van der Waals surface area contributed by atoms with Gasteiger partial charge in [-0.05, 0) is 23.8 Å². The lowest BCUT2D eigenvalue weighted by Crippen LogP contribution is -2.01. The topological polar surface area (TPSA) is 12.0 Å². The van der Waals surface area contributed by atoms with Crippen LogP contribution in [-0.4, -0.2) is 0 Å². The molecular formula is C14H13ClFN. The molecule has 0 aromatic heterocycles. The molecule has 1 nitrogen and oxygen atoms in total. The molecular weight excluding hydrogens is 237 g/mol. The zero-order chi connectivity index (χ0) is 12.1. The molecule has 0 aliphatic rings. The highest BCUT2D eigenvalue weighted by Gasteiger charge is 2.00. The number of anilines is 1. The summed E-state index contributed by atoms with van der Waals surface area (Å²) in [4.78, 5) is 0. The third-order valence-corrected chi connectivity index (χ3v) is 2.83. The first-order chi connectivity index (χ1) is 8.29. The molecule has 0 bridgehead atoms. The Labute approximate surface area is 105 Å². The Hall–Kier alpha value is -1.54. The van der Waals surface area contributed by atoms with Gasteiger partial charge in [-0.25, -0.2) is 4.39 Å². The van der Waals surface area contributed by atoms with Crippen LogP contribution in [0.25, 0.3) is 0 Å². The van der Waals surface area contributed by atoms with E-state index in [9.17, 15) is 4.39 Å². The smallest absolute Gasteiger partial charge is 0.128 e. The molecule has 0 aliphatic carbocycles.